The van der Waals surface area contributed by atoms with E-state index in [1.165, 1.54) is 0 Å². The summed E-state index contributed by atoms with van der Waals surface area (Å²) in [5.74, 6) is 0.523. The van der Waals surface area contributed by atoms with E-state index in [9.17, 15) is 4.79 Å². The van der Waals surface area contributed by atoms with Gasteiger partial charge in [0.1, 0.15) is 12.4 Å². The van der Waals surface area contributed by atoms with Crippen molar-refractivity contribution in [3.05, 3.63) is 22.6 Å². The molecule has 0 saturated carbocycles. The molecule has 2 rings (SSSR count). The quantitative estimate of drug-likeness (QED) is 0.594. The molecular weight excluding hydrogens is 326 g/mol. The molecule has 0 unspecified atom stereocenters. The summed E-state index contributed by atoms with van der Waals surface area (Å²) in [6.07, 6.45) is 1.72. The molecule has 0 fully saturated rings. The fraction of sp³-hybridized carbons (Fsp3) is 0.462. The minimum absolute atomic E-state index is 0.0263. The van der Waals surface area contributed by atoms with Gasteiger partial charge in [-0.1, -0.05) is 0 Å². The maximum absolute atomic E-state index is 11.1. The predicted octanol–water partition coefficient (Wildman–Crippen LogP) is 2.08. The Balaban J connectivity index is 1.97. The molecule has 0 aromatic carbocycles. The highest BCUT2D eigenvalue weighted by molar-refractivity contribution is 9.10. The Kier molecular flexibility index (Phi) is 5.08. The lowest BCUT2D eigenvalue weighted by atomic mass is 10.4. The van der Waals surface area contributed by atoms with E-state index in [-0.39, 0.29) is 12.6 Å². The lowest BCUT2D eigenvalue weighted by molar-refractivity contribution is -0.148. The third-order valence-electron chi connectivity index (χ3n) is 2.75. The first-order valence-corrected chi connectivity index (χ1v) is 7.13. The van der Waals surface area contributed by atoms with Crippen LogP contribution in [-0.2, 0) is 20.8 Å². The molecule has 0 aliphatic rings. The second kappa shape index (κ2) is 6.81. The summed E-state index contributed by atoms with van der Waals surface area (Å²) < 4.78 is 13.0. The molecule has 6 nitrogen and oxygen atoms in total. The average Bonchev–Trinajstić information content (AvgIpc) is 2.71. The molecule has 0 atom stereocenters. The van der Waals surface area contributed by atoms with Gasteiger partial charge in [0.05, 0.1) is 18.7 Å². The van der Waals surface area contributed by atoms with Crippen LogP contribution < -0.4 is 0 Å². The molecule has 2 aromatic heterocycles. The van der Waals surface area contributed by atoms with E-state index in [0.717, 1.165) is 15.8 Å². The van der Waals surface area contributed by atoms with Crippen LogP contribution in [0.5, 0.6) is 0 Å². The van der Waals surface area contributed by atoms with E-state index in [1.807, 2.05) is 17.6 Å². The number of aromatic nitrogens is 3. The van der Waals surface area contributed by atoms with Gasteiger partial charge in [-0.15, -0.1) is 0 Å². The first-order chi connectivity index (χ1) is 9.61. The summed E-state index contributed by atoms with van der Waals surface area (Å²) in [7, 11) is 0. The minimum atomic E-state index is -0.343. The van der Waals surface area contributed by atoms with Gasteiger partial charge in [0.2, 0.25) is 0 Å². The van der Waals surface area contributed by atoms with Gasteiger partial charge in [-0.25, -0.2) is 14.8 Å². The van der Waals surface area contributed by atoms with Crippen LogP contribution in [0.15, 0.2) is 16.7 Å². The number of hydrogen-bond donors (Lipinski definition) is 0. The Bertz CT molecular complexity index is 612. The van der Waals surface area contributed by atoms with E-state index in [1.54, 1.807) is 13.1 Å². The van der Waals surface area contributed by atoms with Crippen LogP contribution in [-0.4, -0.2) is 40.3 Å². The number of ether oxygens (including phenoxy) is 2. The number of esters is 1. The van der Waals surface area contributed by atoms with Gasteiger partial charge in [-0.05, 0) is 35.8 Å². The molecule has 20 heavy (non-hydrogen) atoms. The van der Waals surface area contributed by atoms with Gasteiger partial charge in [0.25, 0.3) is 0 Å². The predicted molar refractivity (Wildman–Crippen MR) is 77.4 cm³/mol. The smallest absolute Gasteiger partial charge is 0.332 e. The first kappa shape index (κ1) is 14.9. The standard InChI is InChI=1S/C13H16BrN3O3/c1-3-20-12(18)8-19-5-4-17-9(2)16-13-11(17)6-10(14)7-15-13/h6-7H,3-5,8H2,1-2H3. The SMILES string of the molecule is CCOC(=O)COCCn1c(C)nc2ncc(Br)cc21. The number of rotatable bonds is 6. The Hall–Kier alpha value is -1.47. The molecule has 0 aliphatic heterocycles. The number of nitrogens with zero attached hydrogens (tertiary/aromatic N) is 3. The Labute approximate surface area is 125 Å². The van der Waals surface area contributed by atoms with Crippen molar-refractivity contribution in [2.24, 2.45) is 0 Å². The van der Waals surface area contributed by atoms with Crippen LogP contribution in [0.2, 0.25) is 0 Å². The van der Waals surface area contributed by atoms with Crippen LogP contribution >= 0.6 is 15.9 Å². The van der Waals surface area contributed by atoms with Gasteiger partial charge in [-0.3, -0.25) is 0 Å². The summed E-state index contributed by atoms with van der Waals surface area (Å²) in [4.78, 5) is 19.8. The van der Waals surface area contributed by atoms with Crippen molar-refractivity contribution >= 4 is 33.1 Å². The monoisotopic (exact) mass is 341 g/mol. The second-order valence-electron chi connectivity index (χ2n) is 4.16. The largest absolute Gasteiger partial charge is 0.464 e. The number of carbonyl (C=O) groups excluding carboxylic acids is 1. The topological polar surface area (TPSA) is 66.2 Å². The number of fused-ring (bicyclic) bond motifs is 1. The van der Waals surface area contributed by atoms with Crippen LogP contribution in [0.25, 0.3) is 11.2 Å². The molecule has 0 spiro atoms. The number of halogens is 1. The highest BCUT2D eigenvalue weighted by atomic mass is 79.9. The number of carbonyl (C=O) groups is 1. The number of hydrogen-bond acceptors (Lipinski definition) is 5. The van der Waals surface area contributed by atoms with Gasteiger partial charge < -0.3 is 14.0 Å². The molecule has 0 saturated heterocycles. The summed E-state index contributed by atoms with van der Waals surface area (Å²) in [5, 5.41) is 0. The highest BCUT2D eigenvalue weighted by Crippen LogP contribution is 2.18. The molecule has 2 aromatic rings. The molecular formula is C13H16BrN3O3. The van der Waals surface area contributed by atoms with E-state index in [0.29, 0.717) is 25.4 Å². The van der Waals surface area contributed by atoms with Crippen molar-refractivity contribution in [2.45, 2.75) is 20.4 Å². The van der Waals surface area contributed by atoms with Crippen LogP contribution in [0.1, 0.15) is 12.7 Å². The molecule has 108 valence electrons. The molecule has 7 heteroatoms. The van der Waals surface area contributed by atoms with Crippen LogP contribution in [0.3, 0.4) is 0 Å². The fourth-order valence-corrected chi connectivity index (χ4v) is 2.21. The Morgan fingerprint density at radius 2 is 2.30 bits per heavy atom. The fourth-order valence-electron chi connectivity index (χ4n) is 1.89. The maximum Gasteiger partial charge on any atom is 0.332 e. The van der Waals surface area contributed by atoms with Gasteiger partial charge in [0, 0.05) is 17.2 Å². The molecule has 0 N–H and O–H groups in total. The third kappa shape index (κ3) is 3.55. The van der Waals surface area contributed by atoms with E-state index < -0.39 is 0 Å². The molecule has 0 aliphatic carbocycles. The lowest BCUT2D eigenvalue weighted by Gasteiger charge is -2.07. The number of imidazole rings is 1. The van der Waals surface area contributed by atoms with Crippen molar-refractivity contribution in [2.75, 3.05) is 19.8 Å². The normalized spacial score (nSPS) is 10.9. The van der Waals surface area contributed by atoms with Crippen molar-refractivity contribution in [3.63, 3.8) is 0 Å². The van der Waals surface area contributed by atoms with Gasteiger partial charge in [-0.2, -0.15) is 0 Å². The molecule has 0 bridgehead atoms. The molecule has 2 heterocycles. The number of aryl methyl sites for hydroxylation is 1. The van der Waals surface area contributed by atoms with E-state index in [2.05, 4.69) is 25.9 Å². The second-order valence-corrected chi connectivity index (χ2v) is 5.08. The van der Waals surface area contributed by atoms with E-state index in [4.69, 9.17) is 9.47 Å². The first-order valence-electron chi connectivity index (χ1n) is 6.33. The van der Waals surface area contributed by atoms with Crippen LogP contribution in [0, 0.1) is 6.92 Å². The van der Waals surface area contributed by atoms with Crippen molar-refractivity contribution in [1.29, 1.82) is 0 Å². The zero-order valence-electron chi connectivity index (χ0n) is 11.4. The summed E-state index contributed by atoms with van der Waals surface area (Å²) in [6, 6.07) is 1.97. The van der Waals surface area contributed by atoms with E-state index >= 15 is 0 Å². The summed E-state index contributed by atoms with van der Waals surface area (Å²) in [5.41, 5.74) is 1.65. The number of pyridine rings is 1. The zero-order valence-corrected chi connectivity index (χ0v) is 13.0. The van der Waals surface area contributed by atoms with Crippen molar-refractivity contribution in [3.8, 4) is 0 Å². The maximum atomic E-state index is 11.1. The molecule has 0 amide bonds. The Morgan fingerprint density at radius 1 is 1.50 bits per heavy atom. The summed E-state index contributed by atoms with van der Waals surface area (Å²) in [6.45, 7) is 5.05. The average molecular weight is 342 g/mol. The lowest BCUT2D eigenvalue weighted by Crippen LogP contribution is -2.15. The zero-order chi connectivity index (χ0) is 14.5. The Morgan fingerprint density at radius 3 is 3.05 bits per heavy atom. The van der Waals surface area contributed by atoms with Gasteiger partial charge >= 0.3 is 5.97 Å². The van der Waals surface area contributed by atoms with Crippen molar-refractivity contribution in [1.82, 2.24) is 14.5 Å². The van der Waals surface area contributed by atoms with Crippen molar-refractivity contribution < 1.29 is 14.3 Å². The van der Waals surface area contributed by atoms with Crippen LogP contribution in [0.4, 0.5) is 0 Å². The minimum Gasteiger partial charge on any atom is -0.464 e. The third-order valence-corrected chi connectivity index (χ3v) is 3.18. The van der Waals surface area contributed by atoms with Gasteiger partial charge in [0.15, 0.2) is 5.65 Å². The summed E-state index contributed by atoms with van der Waals surface area (Å²) >= 11 is 3.40. The highest BCUT2D eigenvalue weighted by Gasteiger charge is 2.09. The molecule has 0 radical (unpaired) electrons.